The molecule has 5 heteroatoms. The third kappa shape index (κ3) is 2.96. The molecule has 0 atom stereocenters. The van der Waals surface area contributed by atoms with Crippen LogP contribution in [-0.4, -0.2) is 5.91 Å². The summed E-state index contributed by atoms with van der Waals surface area (Å²) < 4.78 is 13.4. The number of hydrogen-bond acceptors (Lipinski definition) is 1. The summed E-state index contributed by atoms with van der Waals surface area (Å²) in [7, 11) is 0. The Labute approximate surface area is 94.6 Å². The zero-order chi connectivity index (χ0) is 10.7. The van der Waals surface area contributed by atoms with E-state index in [0.717, 1.165) is 0 Å². The number of rotatable bonds is 2. The Morgan fingerprint density at radius 3 is 2.86 bits per heavy atom. The number of benzene rings is 1. The molecule has 0 fully saturated rings. The number of nitrogens with one attached hydrogen (secondary N) is 1. The molecule has 76 valence electrons. The van der Waals surface area contributed by atoms with Gasteiger partial charge < -0.3 is 5.32 Å². The normalized spacial score (nSPS) is 10.0. The summed E-state index contributed by atoms with van der Waals surface area (Å²) in [4.78, 5) is 10.6. The van der Waals surface area contributed by atoms with E-state index < -0.39 is 5.82 Å². The van der Waals surface area contributed by atoms with Crippen LogP contribution in [0.3, 0.4) is 0 Å². The van der Waals surface area contributed by atoms with E-state index in [2.05, 4.69) is 21.2 Å². The van der Waals surface area contributed by atoms with Crippen molar-refractivity contribution in [3.63, 3.8) is 0 Å². The van der Waals surface area contributed by atoms with E-state index in [0.29, 0.717) is 15.1 Å². The van der Waals surface area contributed by atoms with Gasteiger partial charge >= 0.3 is 0 Å². The lowest BCUT2D eigenvalue weighted by Gasteiger charge is -2.06. The number of carbonyl (C=O) groups excluding carboxylic acids is 1. The van der Waals surface area contributed by atoms with Crippen molar-refractivity contribution in [2.45, 2.75) is 13.5 Å². The molecule has 0 unspecified atom stereocenters. The minimum atomic E-state index is -0.394. The van der Waals surface area contributed by atoms with Crippen LogP contribution in [0.5, 0.6) is 0 Å². The van der Waals surface area contributed by atoms with Gasteiger partial charge in [-0.05, 0) is 33.6 Å². The second-order valence-corrected chi connectivity index (χ2v) is 4.03. The molecule has 1 aromatic rings. The largest absolute Gasteiger partial charge is 0.352 e. The van der Waals surface area contributed by atoms with Gasteiger partial charge in [0, 0.05) is 18.5 Å². The van der Waals surface area contributed by atoms with Crippen molar-refractivity contribution in [1.82, 2.24) is 5.32 Å². The first kappa shape index (κ1) is 11.5. The zero-order valence-corrected chi connectivity index (χ0v) is 9.75. The number of hydrogen-bond donors (Lipinski definition) is 1. The third-order valence-corrected chi connectivity index (χ3v) is 2.58. The Bertz CT molecular complexity index is 370. The number of amides is 1. The van der Waals surface area contributed by atoms with Crippen molar-refractivity contribution in [3.8, 4) is 0 Å². The molecule has 0 radical (unpaired) electrons. The van der Waals surface area contributed by atoms with Gasteiger partial charge in [-0.15, -0.1) is 0 Å². The van der Waals surface area contributed by atoms with E-state index in [-0.39, 0.29) is 12.5 Å². The SMILES string of the molecule is CC(=O)NCc1cc(F)c(Br)cc1Cl. The van der Waals surface area contributed by atoms with Crippen molar-refractivity contribution >= 4 is 33.4 Å². The van der Waals surface area contributed by atoms with Gasteiger partial charge in [-0.3, -0.25) is 4.79 Å². The highest BCUT2D eigenvalue weighted by atomic mass is 79.9. The van der Waals surface area contributed by atoms with E-state index in [1.165, 1.54) is 19.1 Å². The topological polar surface area (TPSA) is 29.1 Å². The fourth-order valence-electron chi connectivity index (χ4n) is 0.919. The molecule has 0 aliphatic heterocycles. The molecule has 1 amide bonds. The summed E-state index contributed by atoms with van der Waals surface area (Å²) >= 11 is 8.85. The van der Waals surface area contributed by atoms with Crippen LogP contribution in [-0.2, 0) is 11.3 Å². The summed E-state index contributed by atoms with van der Waals surface area (Å²) in [6.45, 7) is 1.63. The average molecular weight is 281 g/mol. The molecule has 1 rings (SSSR count). The smallest absolute Gasteiger partial charge is 0.217 e. The number of carbonyl (C=O) groups is 1. The maximum atomic E-state index is 13.1. The first-order chi connectivity index (χ1) is 6.50. The highest BCUT2D eigenvalue weighted by Gasteiger charge is 2.06. The van der Waals surface area contributed by atoms with E-state index in [9.17, 15) is 9.18 Å². The van der Waals surface area contributed by atoms with Crippen LogP contribution >= 0.6 is 27.5 Å². The average Bonchev–Trinajstić information content (AvgIpc) is 2.09. The van der Waals surface area contributed by atoms with E-state index >= 15 is 0 Å². The Kier molecular flexibility index (Phi) is 3.89. The molecular formula is C9H8BrClFNO. The molecule has 14 heavy (non-hydrogen) atoms. The summed E-state index contributed by atoms with van der Waals surface area (Å²) in [6, 6.07) is 2.76. The predicted molar refractivity (Wildman–Crippen MR) is 56.6 cm³/mol. The van der Waals surface area contributed by atoms with Crippen molar-refractivity contribution < 1.29 is 9.18 Å². The molecule has 0 saturated carbocycles. The first-order valence-corrected chi connectivity index (χ1v) is 5.05. The van der Waals surface area contributed by atoms with Gasteiger partial charge in [-0.2, -0.15) is 0 Å². The molecule has 1 aromatic carbocycles. The van der Waals surface area contributed by atoms with Crippen molar-refractivity contribution in [1.29, 1.82) is 0 Å². The summed E-state index contributed by atoms with van der Waals surface area (Å²) in [5, 5.41) is 2.97. The Balaban J connectivity index is 2.87. The molecule has 0 spiro atoms. The van der Waals surface area contributed by atoms with Gasteiger partial charge in [0.15, 0.2) is 0 Å². The van der Waals surface area contributed by atoms with Gasteiger partial charge in [0.2, 0.25) is 5.91 Å². The van der Waals surface area contributed by atoms with Gasteiger partial charge in [-0.1, -0.05) is 11.6 Å². The second kappa shape index (κ2) is 4.75. The quantitative estimate of drug-likeness (QED) is 0.829. The lowest BCUT2D eigenvalue weighted by Crippen LogP contribution is -2.19. The number of halogens is 3. The van der Waals surface area contributed by atoms with Gasteiger partial charge in [0.05, 0.1) is 4.47 Å². The Morgan fingerprint density at radius 1 is 1.64 bits per heavy atom. The minimum Gasteiger partial charge on any atom is -0.352 e. The van der Waals surface area contributed by atoms with Crippen LogP contribution in [0.1, 0.15) is 12.5 Å². The van der Waals surface area contributed by atoms with Crippen LogP contribution < -0.4 is 5.32 Å². The predicted octanol–water partition coefficient (Wildman–Crippen LogP) is 2.88. The summed E-state index contributed by atoms with van der Waals surface area (Å²) in [5.41, 5.74) is 0.558. The van der Waals surface area contributed by atoms with Crippen LogP contribution in [0.25, 0.3) is 0 Å². The monoisotopic (exact) mass is 279 g/mol. The third-order valence-electron chi connectivity index (χ3n) is 1.62. The fraction of sp³-hybridized carbons (Fsp3) is 0.222. The minimum absolute atomic E-state index is 0.176. The van der Waals surface area contributed by atoms with Crippen molar-refractivity contribution in [3.05, 3.63) is 33.0 Å². The van der Waals surface area contributed by atoms with Crippen molar-refractivity contribution in [2.75, 3.05) is 0 Å². The molecule has 2 nitrogen and oxygen atoms in total. The van der Waals surface area contributed by atoms with Crippen LogP contribution in [0.4, 0.5) is 4.39 Å². The first-order valence-electron chi connectivity index (χ1n) is 3.88. The van der Waals surface area contributed by atoms with Crippen LogP contribution in [0, 0.1) is 5.82 Å². The van der Waals surface area contributed by atoms with Crippen LogP contribution in [0.2, 0.25) is 5.02 Å². The standard InChI is InChI=1S/C9H8BrClFNO/c1-5(14)13-4-6-2-9(12)7(10)3-8(6)11/h2-3H,4H2,1H3,(H,13,14). The second-order valence-electron chi connectivity index (χ2n) is 2.77. The molecule has 0 aliphatic carbocycles. The molecular weight excluding hydrogens is 272 g/mol. The summed E-state index contributed by atoms with van der Waals surface area (Å²) in [5.74, 6) is -0.570. The maximum Gasteiger partial charge on any atom is 0.217 e. The lowest BCUT2D eigenvalue weighted by atomic mass is 10.2. The lowest BCUT2D eigenvalue weighted by molar-refractivity contribution is -0.119. The molecule has 0 bridgehead atoms. The van der Waals surface area contributed by atoms with E-state index in [4.69, 9.17) is 11.6 Å². The molecule has 0 heterocycles. The van der Waals surface area contributed by atoms with Crippen molar-refractivity contribution in [2.24, 2.45) is 0 Å². The zero-order valence-electron chi connectivity index (χ0n) is 7.40. The molecule has 0 aliphatic rings. The van der Waals surface area contributed by atoms with Gasteiger partial charge in [0.1, 0.15) is 5.82 Å². The fourth-order valence-corrected chi connectivity index (χ4v) is 1.62. The van der Waals surface area contributed by atoms with Crippen LogP contribution in [0.15, 0.2) is 16.6 Å². The maximum absolute atomic E-state index is 13.1. The highest BCUT2D eigenvalue weighted by molar-refractivity contribution is 9.10. The molecule has 0 aromatic heterocycles. The van der Waals surface area contributed by atoms with E-state index in [1.54, 1.807) is 0 Å². The van der Waals surface area contributed by atoms with Gasteiger partial charge in [-0.25, -0.2) is 4.39 Å². The highest BCUT2D eigenvalue weighted by Crippen LogP contribution is 2.24. The molecule has 1 N–H and O–H groups in total. The summed E-state index contributed by atoms with van der Waals surface area (Å²) in [6.07, 6.45) is 0. The van der Waals surface area contributed by atoms with Gasteiger partial charge in [0.25, 0.3) is 0 Å². The molecule has 0 saturated heterocycles. The Hall–Kier alpha value is -0.610. The van der Waals surface area contributed by atoms with E-state index in [1.807, 2.05) is 0 Å². The Morgan fingerprint density at radius 2 is 2.29 bits per heavy atom.